The summed E-state index contributed by atoms with van der Waals surface area (Å²) >= 11 is 0. The van der Waals surface area contributed by atoms with Gasteiger partial charge in [-0.25, -0.2) is 4.98 Å². The van der Waals surface area contributed by atoms with E-state index in [0.717, 1.165) is 36.5 Å². The van der Waals surface area contributed by atoms with E-state index in [-0.39, 0.29) is 24.6 Å². The highest BCUT2D eigenvalue weighted by atomic mass is 16.5. The fourth-order valence-corrected chi connectivity index (χ4v) is 3.17. The average molecular weight is 329 g/mol. The lowest BCUT2D eigenvalue weighted by Gasteiger charge is -2.24. The number of nitrogens with zero attached hydrogens (tertiary/aromatic N) is 5. The van der Waals surface area contributed by atoms with Crippen molar-refractivity contribution >= 4 is 5.91 Å². The molecule has 1 aliphatic heterocycles. The van der Waals surface area contributed by atoms with Crippen LogP contribution in [-0.2, 0) is 9.53 Å². The zero-order valence-corrected chi connectivity index (χ0v) is 14.3. The number of carbonyl (C=O) groups excluding carboxylic acids is 1. The number of aromatic nitrogens is 4. The second-order valence-corrected chi connectivity index (χ2v) is 6.26. The third kappa shape index (κ3) is 3.17. The molecular formula is C17H23N5O2. The molecule has 1 fully saturated rings. The summed E-state index contributed by atoms with van der Waals surface area (Å²) in [5.41, 5.74) is 2.54. The van der Waals surface area contributed by atoms with Crippen molar-refractivity contribution in [3.8, 4) is 11.4 Å². The molecule has 1 aliphatic rings. The Morgan fingerprint density at radius 1 is 1.42 bits per heavy atom. The van der Waals surface area contributed by atoms with Gasteiger partial charge in [0, 0.05) is 25.9 Å². The molecule has 1 atom stereocenters. The molecule has 0 saturated carbocycles. The number of hydrogen-bond acceptors (Lipinski definition) is 5. The third-order valence-electron chi connectivity index (χ3n) is 4.26. The van der Waals surface area contributed by atoms with E-state index < -0.39 is 0 Å². The molecule has 2 aromatic rings. The molecular weight excluding hydrogens is 306 g/mol. The van der Waals surface area contributed by atoms with Crippen molar-refractivity contribution in [1.82, 2.24) is 24.6 Å². The summed E-state index contributed by atoms with van der Waals surface area (Å²) in [5, 5.41) is 4.35. The molecule has 0 aliphatic carbocycles. The lowest BCUT2D eigenvalue weighted by molar-refractivity contribution is -0.136. The lowest BCUT2D eigenvalue weighted by atomic mass is 10.1. The van der Waals surface area contributed by atoms with E-state index in [9.17, 15) is 4.79 Å². The molecule has 0 spiro atoms. The molecule has 0 unspecified atom stereocenters. The van der Waals surface area contributed by atoms with Crippen LogP contribution in [-0.4, -0.2) is 50.8 Å². The summed E-state index contributed by atoms with van der Waals surface area (Å²) in [4.78, 5) is 23.2. The van der Waals surface area contributed by atoms with Crippen molar-refractivity contribution in [3.05, 3.63) is 30.4 Å². The number of amides is 1. The van der Waals surface area contributed by atoms with Crippen molar-refractivity contribution in [2.45, 2.75) is 38.8 Å². The van der Waals surface area contributed by atoms with Gasteiger partial charge in [0.1, 0.15) is 12.3 Å². The summed E-state index contributed by atoms with van der Waals surface area (Å²) in [7, 11) is 1.54. The van der Waals surface area contributed by atoms with Gasteiger partial charge in [-0.05, 0) is 32.8 Å². The number of ether oxygens (including phenoxy) is 1. The largest absolute Gasteiger partial charge is 0.375 e. The van der Waals surface area contributed by atoms with Crippen molar-refractivity contribution < 1.29 is 9.53 Å². The van der Waals surface area contributed by atoms with E-state index in [2.05, 4.69) is 23.9 Å². The fraction of sp³-hybridized carbons (Fsp3) is 0.529. The predicted octanol–water partition coefficient (Wildman–Crippen LogP) is 2.23. The van der Waals surface area contributed by atoms with Crippen LogP contribution in [0.3, 0.4) is 0 Å². The first-order valence-electron chi connectivity index (χ1n) is 8.26. The molecule has 3 rings (SSSR count). The molecule has 3 heterocycles. The van der Waals surface area contributed by atoms with Gasteiger partial charge in [-0.2, -0.15) is 5.10 Å². The van der Waals surface area contributed by atoms with Gasteiger partial charge in [-0.1, -0.05) is 0 Å². The topological polar surface area (TPSA) is 73.1 Å². The zero-order valence-electron chi connectivity index (χ0n) is 14.3. The Morgan fingerprint density at radius 3 is 3.00 bits per heavy atom. The number of methoxy groups -OCH3 is 1. The molecule has 128 valence electrons. The molecule has 0 aromatic carbocycles. The average Bonchev–Trinajstić information content (AvgIpc) is 3.24. The summed E-state index contributed by atoms with van der Waals surface area (Å²) in [5.74, 6) is -0.000532. The van der Waals surface area contributed by atoms with Crippen LogP contribution in [0.15, 0.2) is 24.7 Å². The first-order valence-corrected chi connectivity index (χ1v) is 8.26. The van der Waals surface area contributed by atoms with Crippen LogP contribution in [0.4, 0.5) is 0 Å². The van der Waals surface area contributed by atoms with Crippen molar-refractivity contribution in [2.75, 3.05) is 20.3 Å². The number of likely N-dealkylation sites (tertiary alicyclic amines) is 1. The molecule has 0 N–H and O–H groups in total. The summed E-state index contributed by atoms with van der Waals surface area (Å²) in [6.07, 6.45) is 7.14. The molecule has 0 bridgehead atoms. The van der Waals surface area contributed by atoms with Crippen molar-refractivity contribution in [1.29, 1.82) is 0 Å². The summed E-state index contributed by atoms with van der Waals surface area (Å²) < 4.78 is 6.91. The summed E-state index contributed by atoms with van der Waals surface area (Å²) in [6, 6.07) is 2.15. The van der Waals surface area contributed by atoms with E-state index in [1.807, 2.05) is 15.6 Å². The van der Waals surface area contributed by atoms with Crippen molar-refractivity contribution in [3.63, 3.8) is 0 Å². The monoisotopic (exact) mass is 329 g/mol. The van der Waals surface area contributed by atoms with E-state index in [1.165, 1.54) is 7.11 Å². The van der Waals surface area contributed by atoms with Gasteiger partial charge >= 0.3 is 0 Å². The number of rotatable bonds is 5. The van der Waals surface area contributed by atoms with Crippen LogP contribution in [0.25, 0.3) is 11.4 Å². The Morgan fingerprint density at radius 2 is 2.25 bits per heavy atom. The van der Waals surface area contributed by atoms with Crippen LogP contribution in [0.1, 0.15) is 44.5 Å². The maximum absolute atomic E-state index is 12.2. The van der Waals surface area contributed by atoms with Gasteiger partial charge in [0.25, 0.3) is 0 Å². The fourth-order valence-electron chi connectivity index (χ4n) is 3.17. The first kappa shape index (κ1) is 16.6. The van der Waals surface area contributed by atoms with E-state index >= 15 is 0 Å². The van der Waals surface area contributed by atoms with Gasteiger partial charge in [0.15, 0.2) is 0 Å². The van der Waals surface area contributed by atoms with Gasteiger partial charge in [0.2, 0.25) is 5.91 Å². The van der Waals surface area contributed by atoms with Crippen LogP contribution in [0.5, 0.6) is 0 Å². The third-order valence-corrected chi connectivity index (χ3v) is 4.26. The van der Waals surface area contributed by atoms with E-state index in [1.54, 1.807) is 18.6 Å². The SMILES string of the molecule is COCC(=O)N1CCC[C@@H]1c1cncc(-c2ccnn2C(C)C)n1. The van der Waals surface area contributed by atoms with Crippen LogP contribution >= 0.6 is 0 Å². The summed E-state index contributed by atoms with van der Waals surface area (Å²) in [6.45, 7) is 5.00. The minimum atomic E-state index is -0.0319. The normalized spacial score (nSPS) is 17.7. The highest BCUT2D eigenvalue weighted by Crippen LogP contribution is 2.31. The predicted molar refractivity (Wildman–Crippen MR) is 89.2 cm³/mol. The quantitative estimate of drug-likeness (QED) is 0.841. The maximum atomic E-state index is 12.2. The second kappa shape index (κ2) is 7.09. The molecule has 0 radical (unpaired) electrons. The van der Waals surface area contributed by atoms with E-state index in [0.29, 0.717) is 0 Å². The van der Waals surface area contributed by atoms with Crippen LogP contribution in [0, 0.1) is 0 Å². The second-order valence-electron chi connectivity index (χ2n) is 6.26. The molecule has 7 heteroatoms. The van der Waals surface area contributed by atoms with Crippen LogP contribution in [0.2, 0.25) is 0 Å². The number of hydrogen-bond donors (Lipinski definition) is 0. The highest BCUT2D eigenvalue weighted by Gasteiger charge is 2.31. The minimum Gasteiger partial charge on any atom is -0.375 e. The zero-order chi connectivity index (χ0) is 17.1. The first-order chi connectivity index (χ1) is 11.6. The molecule has 24 heavy (non-hydrogen) atoms. The molecule has 2 aromatic heterocycles. The van der Waals surface area contributed by atoms with Crippen molar-refractivity contribution in [2.24, 2.45) is 0 Å². The molecule has 1 amide bonds. The highest BCUT2D eigenvalue weighted by molar-refractivity contribution is 5.78. The van der Waals surface area contributed by atoms with E-state index in [4.69, 9.17) is 9.72 Å². The Hall–Kier alpha value is -2.28. The van der Waals surface area contributed by atoms with Crippen LogP contribution < -0.4 is 0 Å². The maximum Gasteiger partial charge on any atom is 0.249 e. The number of carbonyl (C=O) groups is 1. The minimum absolute atomic E-state index is 0.000532. The lowest BCUT2D eigenvalue weighted by Crippen LogP contribution is -2.33. The Bertz CT molecular complexity index is 713. The standard InChI is InChI=1S/C17H23N5O2/c1-12(2)22-16(6-7-19-22)14-10-18-9-13(20-14)15-5-4-8-21(15)17(23)11-24-3/h6-7,9-10,12,15H,4-5,8,11H2,1-3H3/t15-/m1/s1. The Balaban J connectivity index is 1.90. The van der Waals surface area contributed by atoms with Gasteiger partial charge in [0.05, 0.1) is 29.8 Å². The molecule has 1 saturated heterocycles. The molecule has 7 nitrogen and oxygen atoms in total. The Labute approximate surface area is 141 Å². The smallest absolute Gasteiger partial charge is 0.249 e. The Kier molecular flexibility index (Phi) is 4.89. The van der Waals surface area contributed by atoms with Gasteiger partial charge < -0.3 is 9.64 Å². The van der Waals surface area contributed by atoms with Gasteiger partial charge in [-0.3, -0.25) is 14.5 Å². The van der Waals surface area contributed by atoms with Gasteiger partial charge in [-0.15, -0.1) is 0 Å².